The summed E-state index contributed by atoms with van der Waals surface area (Å²) in [6.45, 7) is 0. The minimum absolute atomic E-state index is 0.113. The van der Waals surface area contributed by atoms with Crippen molar-refractivity contribution < 1.29 is 13.2 Å². The molecular formula is C19H15IN2O3S. The van der Waals surface area contributed by atoms with Gasteiger partial charge in [0, 0.05) is 32.8 Å². The van der Waals surface area contributed by atoms with E-state index in [2.05, 4.69) is 32.9 Å². The summed E-state index contributed by atoms with van der Waals surface area (Å²) >= 11 is 2.22. The number of pyridine rings is 1. The highest BCUT2D eigenvalue weighted by atomic mass is 127. The largest absolute Gasteiger partial charge is 0.322 e. The second-order valence-corrected chi connectivity index (χ2v) is 8.84. The fourth-order valence-electron chi connectivity index (χ4n) is 2.39. The molecule has 3 rings (SSSR count). The maximum atomic E-state index is 12.5. The molecule has 26 heavy (non-hydrogen) atoms. The Morgan fingerprint density at radius 2 is 1.85 bits per heavy atom. The van der Waals surface area contributed by atoms with Crippen LogP contribution in [0.5, 0.6) is 0 Å². The number of hydrogen-bond donors (Lipinski definition) is 1. The van der Waals surface area contributed by atoms with E-state index >= 15 is 0 Å². The van der Waals surface area contributed by atoms with Gasteiger partial charge in [-0.1, -0.05) is 12.1 Å². The Morgan fingerprint density at radius 3 is 2.54 bits per heavy atom. The van der Waals surface area contributed by atoms with Crippen LogP contribution in [0.4, 0.5) is 5.69 Å². The molecule has 0 aliphatic heterocycles. The van der Waals surface area contributed by atoms with Crippen molar-refractivity contribution in [1.82, 2.24) is 4.98 Å². The van der Waals surface area contributed by atoms with Crippen LogP contribution >= 0.6 is 22.6 Å². The number of aromatic nitrogens is 1. The summed E-state index contributed by atoms with van der Waals surface area (Å²) in [7, 11) is -3.37. The summed E-state index contributed by atoms with van der Waals surface area (Å²) in [5.74, 6) is -0.372. The fraction of sp³-hybridized carbons (Fsp3) is 0.0526. The van der Waals surface area contributed by atoms with E-state index in [4.69, 9.17) is 0 Å². The number of nitrogens with one attached hydrogen (secondary N) is 1. The normalized spacial score (nSPS) is 11.2. The third-order valence-corrected chi connectivity index (χ3v) is 5.74. The first-order valence-corrected chi connectivity index (χ1v) is 10.6. The van der Waals surface area contributed by atoms with Gasteiger partial charge in [-0.2, -0.15) is 0 Å². The van der Waals surface area contributed by atoms with Crippen molar-refractivity contribution in [1.29, 1.82) is 0 Å². The van der Waals surface area contributed by atoms with E-state index in [0.717, 1.165) is 21.1 Å². The van der Waals surface area contributed by atoms with Crippen molar-refractivity contribution in [3.8, 4) is 11.3 Å². The molecule has 0 atom stereocenters. The molecule has 0 aliphatic carbocycles. The van der Waals surface area contributed by atoms with Gasteiger partial charge in [0.2, 0.25) is 0 Å². The lowest BCUT2D eigenvalue weighted by atomic mass is 10.1. The lowest BCUT2D eigenvalue weighted by molar-refractivity contribution is 0.102. The lowest BCUT2D eigenvalue weighted by Gasteiger charge is -2.10. The minimum Gasteiger partial charge on any atom is -0.322 e. The van der Waals surface area contributed by atoms with Gasteiger partial charge in [0.05, 0.1) is 10.6 Å². The monoisotopic (exact) mass is 478 g/mol. The van der Waals surface area contributed by atoms with Gasteiger partial charge in [0.1, 0.15) is 0 Å². The Hall–Kier alpha value is -2.26. The van der Waals surface area contributed by atoms with Crippen molar-refractivity contribution in [2.45, 2.75) is 4.90 Å². The van der Waals surface area contributed by atoms with E-state index in [1.54, 1.807) is 24.4 Å². The highest BCUT2D eigenvalue weighted by molar-refractivity contribution is 14.1. The molecular weight excluding hydrogens is 463 g/mol. The molecule has 0 saturated heterocycles. The topological polar surface area (TPSA) is 76.1 Å². The van der Waals surface area contributed by atoms with Crippen molar-refractivity contribution in [2.24, 2.45) is 0 Å². The molecule has 0 bridgehead atoms. The Morgan fingerprint density at radius 1 is 1.04 bits per heavy atom. The predicted molar refractivity (Wildman–Crippen MR) is 110 cm³/mol. The zero-order chi connectivity index (χ0) is 18.7. The van der Waals surface area contributed by atoms with Gasteiger partial charge in [-0.05, 0) is 71.1 Å². The van der Waals surface area contributed by atoms with Crippen molar-refractivity contribution in [2.75, 3.05) is 11.6 Å². The highest BCUT2D eigenvalue weighted by Crippen LogP contribution is 2.27. The standard InChI is InChI=1S/C19H15IN2O3S/c1-26(24,25)15-6-4-5-13(11-15)19(23)22-14-8-9-17(20)16(12-14)18-7-2-3-10-21-18/h2-12H,1H3,(H,22,23). The van der Waals surface area contributed by atoms with Gasteiger partial charge >= 0.3 is 0 Å². The van der Waals surface area contributed by atoms with E-state index in [1.807, 2.05) is 30.3 Å². The summed E-state index contributed by atoms with van der Waals surface area (Å²) in [5.41, 5.74) is 2.62. The molecule has 0 spiro atoms. The number of hydrogen-bond acceptors (Lipinski definition) is 4. The Bertz CT molecular complexity index is 1070. The van der Waals surface area contributed by atoms with E-state index in [0.29, 0.717) is 5.69 Å². The number of carbonyl (C=O) groups excluding carboxylic acids is 1. The van der Waals surface area contributed by atoms with Crippen LogP contribution in [-0.4, -0.2) is 25.6 Å². The molecule has 1 N–H and O–H groups in total. The number of benzene rings is 2. The smallest absolute Gasteiger partial charge is 0.255 e. The zero-order valence-electron chi connectivity index (χ0n) is 13.8. The summed E-state index contributed by atoms with van der Waals surface area (Å²) in [5, 5.41) is 2.81. The molecule has 7 heteroatoms. The Balaban J connectivity index is 1.89. The average Bonchev–Trinajstić information content (AvgIpc) is 2.63. The highest BCUT2D eigenvalue weighted by Gasteiger charge is 2.13. The molecule has 0 saturated carbocycles. The summed E-state index contributed by atoms with van der Waals surface area (Å²) < 4.78 is 24.3. The summed E-state index contributed by atoms with van der Waals surface area (Å²) in [6, 6.07) is 17.2. The molecule has 1 heterocycles. The molecule has 132 valence electrons. The van der Waals surface area contributed by atoms with Crippen LogP contribution in [-0.2, 0) is 9.84 Å². The molecule has 1 amide bonds. The molecule has 0 fully saturated rings. The molecule has 5 nitrogen and oxygen atoms in total. The van der Waals surface area contributed by atoms with Crippen molar-refractivity contribution in [3.05, 3.63) is 76.0 Å². The third-order valence-electron chi connectivity index (χ3n) is 3.69. The van der Waals surface area contributed by atoms with E-state index < -0.39 is 9.84 Å². The van der Waals surface area contributed by atoms with Crippen LogP contribution < -0.4 is 5.32 Å². The first-order valence-electron chi connectivity index (χ1n) is 7.67. The van der Waals surface area contributed by atoms with Crippen molar-refractivity contribution >= 4 is 44.0 Å². The maximum absolute atomic E-state index is 12.5. The molecule has 0 unspecified atom stereocenters. The van der Waals surface area contributed by atoms with Gasteiger partial charge in [-0.25, -0.2) is 8.42 Å². The van der Waals surface area contributed by atoms with E-state index in [-0.39, 0.29) is 16.4 Å². The van der Waals surface area contributed by atoms with Gasteiger partial charge in [-0.15, -0.1) is 0 Å². The SMILES string of the molecule is CS(=O)(=O)c1cccc(C(=O)Nc2ccc(I)c(-c3ccccn3)c2)c1. The number of sulfone groups is 1. The second-order valence-electron chi connectivity index (χ2n) is 5.66. The van der Waals surface area contributed by atoms with Crippen LogP contribution in [0, 0.1) is 3.57 Å². The van der Waals surface area contributed by atoms with Gasteiger partial charge < -0.3 is 5.32 Å². The number of carbonyl (C=O) groups is 1. The van der Waals surface area contributed by atoms with Crippen molar-refractivity contribution in [3.63, 3.8) is 0 Å². The van der Waals surface area contributed by atoms with E-state index in [9.17, 15) is 13.2 Å². The number of anilines is 1. The van der Waals surface area contributed by atoms with Crippen LogP contribution in [0.2, 0.25) is 0 Å². The summed E-state index contributed by atoms with van der Waals surface area (Å²) in [4.78, 5) is 17.0. The van der Waals surface area contributed by atoms with Crippen LogP contribution in [0.15, 0.2) is 71.8 Å². The van der Waals surface area contributed by atoms with Gasteiger partial charge in [0.25, 0.3) is 5.91 Å². The first kappa shape index (κ1) is 18.5. The first-order chi connectivity index (χ1) is 12.3. The summed E-state index contributed by atoms with van der Waals surface area (Å²) in [6.07, 6.45) is 2.83. The Labute approximate surface area is 165 Å². The predicted octanol–water partition coefficient (Wildman–Crippen LogP) is 4.01. The van der Waals surface area contributed by atoms with Crippen LogP contribution in [0.25, 0.3) is 11.3 Å². The van der Waals surface area contributed by atoms with E-state index in [1.165, 1.54) is 12.1 Å². The quantitative estimate of drug-likeness (QED) is 0.576. The number of rotatable bonds is 4. The molecule has 2 aromatic carbocycles. The fourth-order valence-corrected chi connectivity index (χ4v) is 3.67. The Kier molecular flexibility index (Phi) is 5.38. The second kappa shape index (κ2) is 7.55. The molecule has 3 aromatic rings. The van der Waals surface area contributed by atoms with Crippen LogP contribution in [0.3, 0.4) is 0 Å². The van der Waals surface area contributed by atoms with Crippen LogP contribution in [0.1, 0.15) is 10.4 Å². The average molecular weight is 478 g/mol. The number of nitrogens with zero attached hydrogens (tertiary/aromatic N) is 1. The zero-order valence-corrected chi connectivity index (χ0v) is 16.8. The molecule has 1 aromatic heterocycles. The maximum Gasteiger partial charge on any atom is 0.255 e. The lowest BCUT2D eigenvalue weighted by Crippen LogP contribution is -2.13. The van der Waals surface area contributed by atoms with Gasteiger partial charge in [-0.3, -0.25) is 9.78 Å². The number of amides is 1. The molecule has 0 aliphatic rings. The number of halogens is 1. The third kappa shape index (κ3) is 4.28. The van der Waals surface area contributed by atoms with Gasteiger partial charge in [0.15, 0.2) is 9.84 Å². The molecule has 0 radical (unpaired) electrons. The minimum atomic E-state index is -3.37.